The van der Waals surface area contributed by atoms with Crippen LogP contribution >= 0.6 is 7.60 Å². The molecule has 1 aromatic rings. The Morgan fingerprint density at radius 2 is 2.39 bits per heavy atom. The minimum atomic E-state index is -4.92. The van der Waals surface area contributed by atoms with Crippen LogP contribution in [0.25, 0.3) is 0 Å². The normalized spacial score (nSPS) is 20.9. The molecule has 0 saturated heterocycles. The summed E-state index contributed by atoms with van der Waals surface area (Å²) >= 11 is 0. The molecule has 0 bridgehead atoms. The highest BCUT2D eigenvalue weighted by Gasteiger charge is 2.18. The molecule has 5 N–H and O–H groups in total. The van der Waals surface area contributed by atoms with Gasteiger partial charge in [0.15, 0.2) is 0 Å². The van der Waals surface area contributed by atoms with Crippen molar-refractivity contribution < 1.29 is 31.0 Å². The van der Waals surface area contributed by atoms with Crippen molar-refractivity contribution in [3.8, 4) is 0 Å². The van der Waals surface area contributed by atoms with Crippen molar-refractivity contribution in [2.45, 2.75) is 12.6 Å². The number of nitrogens with zero attached hydrogens (tertiary/aromatic N) is 2. The molecule has 9 nitrogen and oxygen atoms in total. The molecule has 0 radical (unpaired) electrons. The third kappa shape index (κ3) is 4.94. The van der Waals surface area contributed by atoms with Gasteiger partial charge < -0.3 is 25.4 Å². The van der Waals surface area contributed by atoms with E-state index in [1.165, 1.54) is 0 Å². The van der Waals surface area contributed by atoms with E-state index in [1.54, 1.807) is 0 Å². The van der Waals surface area contributed by atoms with Crippen LogP contribution in [0.2, 0.25) is 0 Å². The summed E-state index contributed by atoms with van der Waals surface area (Å²) in [5.41, 5.74) is 3.91. The highest BCUT2D eigenvalue weighted by atomic mass is 31.2. The molecule has 0 aliphatic rings. The first-order valence-electron chi connectivity index (χ1n) is 6.88. The van der Waals surface area contributed by atoms with Crippen LogP contribution in [-0.2, 0) is 15.8 Å². The first-order chi connectivity index (χ1) is 10.1. The van der Waals surface area contributed by atoms with E-state index in [0.29, 0.717) is 0 Å². The molecule has 0 amide bonds. The van der Waals surface area contributed by atoms with Crippen molar-refractivity contribution in [2.75, 3.05) is 18.6 Å². The van der Waals surface area contributed by atoms with E-state index in [-0.39, 0.29) is 10.4 Å². The van der Waals surface area contributed by atoms with Gasteiger partial charge in [0.05, 0.1) is 26.0 Å². The van der Waals surface area contributed by atoms with Gasteiger partial charge in [0.25, 0.3) is 0 Å². The second-order valence-corrected chi connectivity index (χ2v) is 4.58. The van der Waals surface area contributed by atoms with E-state index in [0.717, 1.165) is 12.3 Å². The summed E-state index contributed by atoms with van der Waals surface area (Å²) < 4.78 is 53.0. The SMILES string of the molecule is [2H]C([2H])(O)C([2H])(OCP(=O)(O)O)C([2H])([2H])n1ccc(N)nc1=O. The second-order valence-electron chi connectivity index (χ2n) is 3.00. The van der Waals surface area contributed by atoms with Gasteiger partial charge in [-0.15, -0.1) is 0 Å². The van der Waals surface area contributed by atoms with Gasteiger partial charge in [-0.25, -0.2) is 4.79 Å². The summed E-state index contributed by atoms with van der Waals surface area (Å²) in [5, 5.41) is 9.44. The topological polar surface area (TPSA) is 148 Å². The smallest absolute Gasteiger partial charge is 0.350 e. The average Bonchev–Trinajstić information content (AvgIpc) is 2.32. The number of hydrogen-bond acceptors (Lipinski definition) is 6. The van der Waals surface area contributed by atoms with Gasteiger partial charge in [-0.2, -0.15) is 4.98 Å². The molecule has 10 heteroatoms. The van der Waals surface area contributed by atoms with Crippen LogP contribution < -0.4 is 11.4 Å². The van der Waals surface area contributed by atoms with Crippen LogP contribution in [0, 0.1) is 0 Å². The highest BCUT2D eigenvalue weighted by Crippen LogP contribution is 2.34. The molecule has 0 aliphatic carbocycles. The lowest BCUT2D eigenvalue weighted by Crippen LogP contribution is -2.32. The third-order valence-corrected chi connectivity index (χ3v) is 1.99. The fourth-order valence-corrected chi connectivity index (χ4v) is 1.15. The van der Waals surface area contributed by atoms with Gasteiger partial charge >= 0.3 is 13.3 Å². The molecule has 1 aromatic heterocycles. The third-order valence-electron chi connectivity index (χ3n) is 1.53. The van der Waals surface area contributed by atoms with Crippen molar-refractivity contribution in [1.82, 2.24) is 9.55 Å². The Balaban J connectivity index is 3.45. The number of ether oxygens (including phenoxy) is 1. The lowest BCUT2D eigenvalue weighted by atomic mass is 10.3. The summed E-state index contributed by atoms with van der Waals surface area (Å²) in [6, 6.07) is 0.968. The quantitative estimate of drug-likeness (QED) is 0.453. The maximum Gasteiger partial charge on any atom is 0.350 e. The van der Waals surface area contributed by atoms with Crippen LogP contribution in [0.3, 0.4) is 0 Å². The summed E-state index contributed by atoms with van der Waals surface area (Å²) in [7, 11) is -4.92. The van der Waals surface area contributed by atoms with Gasteiger partial charge in [-0.1, -0.05) is 0 Å². The van der Waals surface area contributed by atoms with Crippen molar-refractivity contribution in [1.29, 1.82) is 0 Å². The predicted molar refractivity (Wildman–Crippen MR) is 61.8 cm³/mol. The lowest BCUT2D eigenvalue weighted by Gasteiger charge is -2.16. The molecule has 1 atom stereocenters. The van der Waals surface area contributed by atoms with Crippen molar-refractivity contribution in [2.24, 2.45) is 0 Å². The molecule has 18 heavy (non-hydrogen) atoms. The zero-order valence-corrected chi connectivity index (χ0v) is 9.74. The standard InChI is InChI=1S/C8H14N3O6P/c9-7-1-2-11(8(13)10-7)3-6(4-12)17-5-18(14,15)16/h1-2,6,12H,3-5H2,(H2,9,10,13)(H2,14,15,16)/i3D2,4D2,6D. The zero-order valence-electron chi connectivity index (χ0n) is 13.8. The van der Waals surface area contributed by atoms with Gasteiger partial charge in [0.2, 0.25) is 0 Å². The Morgan fingerprint density at radius 3 is 2.89 bits per heavy atom. The van der Waals surface area contributed by atoms with Crippen LogP contribution in [0.4, 0.5) is 5.82 Å². The first-order valence-corrected chi connectivity index (χ1v) is 6.18. The minimum absolute atomic E-state index is 0.115. The molecule has 0 spiro atoms. The van der Waals surface area contributed by atoms with Crippen LogP contribution in [0.15, 0.2) is 17.1 Å². The van der Waals surface area contributed by atoms with Crippen molar-refractivity contribution in [3.63, 3.8) is 0 Å². The Kier molecular flexibility index (Phi) is 2.96. The average molecular weight is 284 g/mol. The summed E-state index contributed by atoms with van der Waals surface area (Å²) in [4.78, 5) is 32.4. The monoisotopic (exact) mass is 284 g/mol. The molecule has 0 aromatic carbocycles. The van der Waals surface area contributed by atoms with Gasteiger partial charge in [-0.05, 0) is 6.07 Å². The second kappa shape index (κ2) is 6.07. The molecular formula is C8H14N3O6P. The Hall–Kier alpha value is -1.25. The fourth-order valence-electron chi connectivity index (χ4n) is 0.849. The summed E-state index contributed by atoms with van der Waals surface area (Å²) in [5.74, 6) is -0.277. The van der Waals surface area contributed by atoms with Crippen LogP contribution in [0.5, 0.6) is 0 Å². The highest BCUT2D eigenvalue weighted by molar-refractivity contribution is 7.51. The van der Waals surface area contributed by atoms with Gasteiger partial charge in [0, 0.05) is 6.20 Å². The Labute approximate surface area is 109 Å². The lowest BCUT2D eigenvalue weighted by molar-refractivity contribution is 0.0188. The zero-order chi connectivity index (χ0) is 18.3. The predicted octanol–water partition coefficient (Wildman–Crippen LogP) is -1.66. The molecule has 0 saturated carbocycles. The number of nitrogens with two attached hydrogens (primary N) is 1. The number of anilines is 1. The number of aliphatic hydroxyl groups is 1. The van der Waals surface area contributed by atoms with Crippen LogP contribution in [-0.4, -0.2) is 43.4 Å². The molecule has 1 rings (SSSR count). The number of aromatic nitrogens is 2. The molecule has 1 unspecified atom stereocenters. The van der Waals surface area contributed by atoms with Gasteiger partial charge in [0.1, 0.15) is 12.2 Å². The first kappa shape index (κ1) is 8.78. The van der Waals surface area contributed by atoms with Gasteiger partial charge in [-0.3, -0.25) is 9.13 Å². The largest absolute Gasteiger partial charge is 0.394 e. The van der Waals surface area contributed by atoms with E-state index < -0.39 is 38.8 Å². The Morgan fingerprint density at radius 1 is 1.72 bits per heavy atom. The van der Waals surface area contributed by atoms with Crippen LogP contribution in [0.1, 0.15) is 6.85 Å². The van der Waals surface area contributed by atoms with Crippen molar-refractivity contribution in [3.05, 3.63) is 22.7 Å². The number of rotatable bonds is 6. The minimum Gasteiger partial charge on any atom is -0.394 e. The molecule has 0 fully saturated rings. The number of nitrogen functional groups attached to an aromatic ring is 1. The summed E-state index contributed by atoms with van der Waals surface area (Å²) in [6.07, 6.45) is -4.43. The maximum absolute atomic E-state index is 11.7. The Bertz CT molecular complexity index is 688. The molecule has 102 valence electrons. The molecule has 1 heterocycles. The van der Waals surface area contributed by atoms with E-state index in [9.17, 15) is 14.5 Å². The van der Waals surface area contributed by atoms with E-state index in [2.05, 4.69) is 9.72 Å². The molecule has 0 aliphatic heterocycles. The van der Waals surface area contributed by atoms with Crippen molar-refractivity contribution >= 4 is 13.4 Å². The van der Waals surface area contributed by atoms with E-state index >= 15 is 0 Å². The summed E-state index contributed by atoms with van der Waals surface area (Å²) in [6.45, 7) is -7.15. The maximum atomic E-state index is 11.7. The number of hydrogen-bond donors (Lipinski definition) is 4. The molecular weight excluding hydrogens is 265 g/mol. The fraction of sp³-hybridized carbons (Fsp3) is 0.500. The van der Waals surface area contributed by atoms with E-state index in [1.807, 2.05) is 0 Å². The van der Waals surface area contributed by atoms with E-state index in [4.69, 9.17) is 22.4 Å².